The van der Waals surface area contributed by atoms with Crippen molar-refractivity contribution in [3.05, 3.63) is 23.8 Å². The molecule has 1 aliphatic rings. The summed E-state index contributed by atoms with van der Waals surface area (Å²) in [5.41, 5.74) is 5.98. The van der Waals surface area contributed by atoms with Crippen LogP contribution in [0, 0.1) is 0 Å². The molecule has 0 atom stereocenters. The minimum absolute atomic E-state index is 0.108. The van der Waals surface area contributed by atoms with Crippen molar-refractivity contribution in [2.75, 3.05) is 0 Å². The van der Waals surface area contributed by atoms with Crippen molar-refractivity contribution < 1.29 is 4.79 Å². The summed E-state index contributed by atoms with van der Waals surface area (Å²) in [6.07, 6.45) is 4.27. The van der Waals surface area contributed by atoms with E-state index in [1.54, 1.807) is 6.20 Å². The van der Waals surface area contributed by atoms with Gasteiger partial charge in [-0.2, -0.15) is 0 Å². The first-order chi connectivity index (χ1) is 7.24. The van der Waals surface area contributed by atoms with Crippen LogP contribution in [0.15, 0.2) is 12.3 Å². The fourth-order valence-electron chi connectivity index (χ4n) is 1.32. The van der Waals surface area contributed by atoms with E-state index in [1.165, 1.54) is 12.8 Å². The Morgan fingerprint density at radius 1 is 1.60 bits per heavy atom. The van der Waals surface area contributed by atoms with Crippen LogP contribution < -0.4 is 11.1 Å². The zero-order valence-electron chi connectivity index (χ0n) is 8.44. The molecule has 1 aromatic rings. The van der Waals surface area contributed by atoms with Crippen molar-refractivity contribution in [1.82, 2.24) is 15.3 Å². The molecule has 15 heavy (non-hydrogen) atoms. The van der Waals surface area contributed by atoms with Gasteiger partial charge in [0.05, 0.1) is 12.1 Å². The summed E-state index contributed by atoms with van der Waals surface area (Å²) in [6, 6.07) is 2.50. The Morgan fingerprint density at radius 2 is 2.40 bits per heavy atom. The molecule has 1 heterocycles. The van der Waals surface area contributed by atoms with Crippen LogP contribution in [0.2, 0.25) is 0 Å². The zero-order chi connectivity index (χ0) is 10.7. The molecule has 1 amide bonds. The first kappa shape index (κ1) is 10.0. The number of hydrogen-bond donors (Lipinski definition) is 2. The van der Waals surface area contributed by atoms with Gasteiger partial charge in [0.15, 0.2) is 0 Å². The van der Waals surface area contributed by atoms with Crippen molar-refractivity contribution in [1.29, 1.82) is 0 Å². The largest absolute Gasteiger partial charge is 0.369 e. The van der Waals surface area contributed by atoms with Gasteiger partial charge in [0, 0.05) is 18.8 Å². The second kappa shape index (κ2) is 4.35. The highest BCUT2D eigenvalue weighted by Crippen LogP contribution is 2.18. The molecule has 1 aliphatic carbocycles. The Bertz CT molecular complexity index is 362. The van der Waals surface area contributed by atoms with Gasteiger partial charge < -0.3 is 11.1 Å². The van der Waals surface area contributed by atoms with Crippen molar-refractivity contribution in [2.24, 2.45) is 5.73 Å². The summed E-state index contributed by atoms with van der Waals surface area (Å²) in [7, 11) is 0. The highest BCUT2D eigenvalue weighted by Gasteiger charge is 2.20. The van der Waals surface area contributed by atoms with Crippen molar-refractivity contribution >= 4 is 5.91 Å². The molecule has 0 unspecified atom stereocenters. The first-order valence-corrected chi connectivity index (χ1v) is 5.06. The molecular weight excluding hydrogens is 192 g/mol. The predicted octanol–water partition coefficient (Wildman–Crippen LogP) is -0.244. The fourth-order valence-corrected chi connectivity index (χ4v) is 1.32. The predicted molar refractivity (Wildman–Crippen MR) is 54.8 cm³/mol. The summed E-state index contributed by atoms with van der Waals surface area (Å²) in [5, 5.41) is 3.35. The van der Waals surface area contributed by atoms with Crippen molar-refractivity contribution in [3.63, 3.8) is 0 Å². The van der Waals surface area contributed by atoms with E-state index in [1.807, 2.05) is 6.07 Å². The van der Waals surface area contributed by atoms with Crippen molar-refractivity contribution in [3.8, 4) is 0 Å². The van der Waals surface area contributed by atoms with Crippen LogP contribution in [0.25, 0.3) is 0 Å². The molecule has 3 N–H and O–H groups in total. The molecule has 0 aliphatic heterocycles. The number of nitrogens with one attached hydrogen (secondary N) is 1. The zero-order valence-corrected chi connectivity index (χ0v) is 8.44. The molecule has 0 saturated heterocycles. The molecule has 2 rings (SSSR count). The van der Waals surface area contributed by atoms with Gasteiger partial charge in [-0.25, -0.2) is 9.97 Å². The molecule has 1 saturated carbocycles. The summed E-state index contributed by atoms with van der Waals surface area (Å²) >= 11 is 0. The monoisotopic (exact) mass is 206 g/mol. The minimum Gasteiger partial charge on any atom is -0.369 e. The summed E-state index contributed by atoms with van der Waals surface area (Å²) in [5.74, 6) is 0.0971. The maximum Gasteiger partial charge on any atom is 0.225 e. The SMILES string of the molecule is NC(=O)Cc1nccc(CNC2CC2)n1. The minimum atomic E-state index is -0.401. The van der Waals surface area contributed by atoms with Gasteiger partial charge in [-0.1, -0.05) is 0 Å². The molecule has 5 heteroatoms. The number of hydrogen-bond acceptors (Lipinski definition) is 4. The van der Waals surface area contributed by atoms with Gasteiger partial charge in [-0.3, -0.25) is 4.79 Å². The second-order valence-electron chi connectivity index (χ2n) is 3.76. The maximum absolute atomic E-state index is 10.7. The molecule has 0 bridgehead atoms. The van der Waals surface area contributed by atoms with Gasteiger partial charge >= 0.3 is 0 Å². The Kier molecular flexibility index (Phi) is 2.91. The lowest BCUT2D eigenvalue weighted by atomic mass is 10.3. The number of primary amides is 1. The highest BCUT2D eigenvalue weighted by molar-refractivity contribution is 5.75. The Morgan fingerprint density at radius 3 is 3.07 bits per heavy atom. The third-order valence-electron chi connectivity index (χ3n) is 2.24. The number of carbonyl (C=O) groups excluding carboxylic acids is 1. The van der Waals surface area contributed by atoms with E-state index in [-0.39, 0.29) is 6.42 Å². The number of rotatable bonds is 5. The average molecular weight is 206 g/mol. The average Bonchev–Trinajstić information content (AvgIpc) is 2.97. The number of nitrogens with two attached hydrogens (primary N) is 1. The first-order valence-electron chi connectivity index (χ1n) is 5.06. The van der Waals surface area contributed by atoms with Gasteiger partial charge in [0.25, 0.3) is 0 Å². The van der Waals surface area contributed by atoms with Crippen LogP contribution in [0.5, 0.6) is 0 Å². The fraction of sp³-hybridized carbons (Fsp3) is 0.500. The quantitative estimate of drug-likeness (QED) is 0.696. The highest BCUT2D eigenvalue weighted by atomic mass is 16.1. The van der Waals surface area contributed by atoms with E-state index < -0.39 is 5.91 Å². The van der Waals surface area contributed by atoms with Crippen LogP contribution in [0.1, 0.15) is 24.4 Å². The van der Waals surface area contributed by atoms with Gasteiger partial charge in [0.2, 0.25) is 5.91 Å². The van der Waals surface area contributed by atoms with E-state index in [4.69, 9.17) is 5.73 Å². The van der Waals surface area contributed by atoms with Crippen LogP contribution in [0.3, 0.4) is 0 Å². The van der Waals surface area contributed by atoms with Crippen LogP contribution in [-0.4, -0.2) is 21.9 Å². The molecule has 1 fully saturated rings. The number of aromatic nitrogens is 2. The van der Waals surface area contributed by atoms with E-state index in [0.29, 0.717) is 11.9 Å². The molecule has 5 nitrogen and oxygen atoms in total. The van der Waals surface area contributed by atoms with Crippen LogP contribution in [0.4, 0.5) is 0 Å². The maximum atomic E-state index is 10.7. The smallest absolute Gasteiger partial charge is 0.225 e. The van der Waals surface area contributed by atoms with Gasteiger partial charge in [0.1, 0.15) is 5.82 Å². The van der Waals surface area contributed by atoms with Gasteiger partial charge in [-0.15, -0.1) is 0 Å². The van der Waals surface area contributed by atoms with Crippen LogP contribution >= 0.6 is 0 Å². The lowest BCUT2D eigenvalue weighted by Crippen LogP contribution is -2.19. The third-order valence-corrected chi connectivity index (χ3v) is 2.24. The van der Waals surface area contributed by atoms with Crippen LogP contribution in [-0.2, 0) is 17.8 Å². The molecule has 0 spiro atoms. The Balaban J connectivity index is 1.94. The lowest BCUT2D eigenvalue weighted by molar-refractivity contribution is -0.117. The Hall–Kier alpha value is -1.49. The van der Waals surface area contributed by atoms with E-state index in [0.717, 1.165) is 12.2 Å². The molecule has 0 aromatic carbocycles. The molecule has 0 radical (unpaired) electrons. The normalized spacial score (nSPS) is 15.2. The van der Waals surface area contributed by atoms with E-state index in [2.05, 4.69) is 15.3 Å². The summed E-state index contributed by atoms with van der Waals surface area (Å²) in [6.45, 7) is 0.735. The van der Waals surface area contributed by atoms with Gasteiger partial charge in [-0.05, 0) is 18.9 Å². The summed E-state index contributed by atoms with van der Waals surface area (Å²) in [4.78, 5) is 18.9. The number of amides is 1. The Labute approximate surface area is 88.1 Å². The van der Waals surface area contributed by atoms with E-state index in [9.17, 15) is 4.79 Å². The number of nitrogens with zero attached hydrogens (tertiary/aromatic N) is 2. The molecule has 1 aromatic heterocycles. The van der Waals surface area contributed by atoms with Crippen molar-refractivity contribution in [2.45, 2.75) is 31.8 Å². The third kappa shape index (κ3) is 3.28. The molecular formula is C10H14N4O. The summed E-state index contributed by atoms with van der Waals surface area (Å²) < 4.78 is 0. The topological polar surface area (TPSA) is 80.9 Å². The van der Waals surface area contributed by atoms with E-state index >= 15 is 0 Å². The molecule has 80 valence electrons. The lowest BCUT2D eigenvalue weighted by Gasteiger charge is -2.03. The standard InChI is InChI=1S/C10H14N4O/c11-9(15)5-10-12-4-3-8(14-10)6-13-7-1-2-7/h3-4,7,13H,1-2,5-6H2,(H2,11,15). The number of carbonyl (C=O) groups is 1. The second-order valence-corrected chi connectivity index (χ2v) is 3.76.